The predicted molar refractivity (Wildman–Crippen MR) is 110 cm³/mol. The van der Waals surface area contributed by atoms with Crippen LogP contribution in [0.15, 0.2) is 83.3 Å². The fourth-order valence-electron chi connectivity index (χ4n) is 2.75. The smallest absolute Gasteiger partial charge is 0.251 e. The van der Waals surface area contributed by atoms with E-state index >= 15 is 0 Å². The summed E-state index contributed by atoms with van der Waals surface area (Å²) in [6.45, 7) is 0. The van der Waals surface area contributed by atoms with E-state index in [4.69, 9.17) is 0 Å². The molecule has 2 N–H and O–H groups in total. The number of anilines is 1. The van der Waals surface area contributed by atoms with E-state index in [0.29, 0.717) is 10.0 Å². The Morgan fingerprint density at radius 3 is 2.21 bits per heavy atom. The highest BCUT2D eigenvalue weighted by molar-refractivity contribution is 9.10. The summed E-state index contributed by atoms with van der Waals surface area (Å²) in [5, 5.41) is 5.45. The average Bonchev–Trinajstić information content (AvgIpc) is 2.71. The van der Waals surface area contributed by atoms with E-state index in [9.17, 15) is 14.0 Å². The average molecular weight is 441 g/mol. The van der Waals surface area contributed by atoms with E-state index in [1.165, 1.54) is 12.1 Å². The van der Waals surface area contributed by atoms with Crippen molar-refractivity contribution >= 4 is 33.4 Å². The third kappa shape index (κ3) is 5.27. The largest absolute Gasteiger partial charge is 0.345 e. The van der Waals surface area contributed by atoms with Crippen LogP contribution >= 0.6 is 15.9 Å². The first-order valence-electron chi connectivity index (χ1n) is 8.68. The topological polar surface area (TPSA) is 58.2 Å². The van der Waals surface area contributed by atoms with Crippen LogP contribution in [0.3, 0.4) is 0 Å². The minimum absolute atomic E-state index is 0.0297. The van der Waals surface area contributed by atoms with Gasteiger partial charge in [0.15, 0.2) is 0 Å². The van der Waals surface area contributed by atoms with Crippen molar-refractivity contribution in [2.24, 2.45) is 0 Å². The van der Waals surface area contributed by atoms with E-state index in [1.54, 1.807) is 30.3 Å². The zero-order chi connectivity index (χ0) is 19.9. The van der Waals surface area contributed by atoms with E-state index in [0.717, 1.165) is 5.56 Å². The molecule has 0 spiro atoms. The highest BCUT2D eigenvalue weighted by atomic mass is 79.9. The van der Waals surface area contributed by atoms with E-state index < -0.39 is 17.8 Å². The quantitative estimate of drug-likeness (QED) is 0.560. The van der Waals surface area contributed by atoms with Gasteiger partial charge in [0.05, 0.1) is 18.2 Å². The molecule has 0 aliphatic heterocycles. The Morgan fingerprint density at radius 2 is 1.57 bits per heavy atom. The van der Waals surface area contributed by atoms with Gasteiger partial charge in [0.1, 0.15) is 5.82 Å². The number of nitrogens with one attached hydrogen (secondary N) is 2. The number of benzene rings is 3. The molecule has 0 fully saturated rings. The molecule has 0 aliphatic carbocycles. The molecule has 28 heavy (non-hydrogen) atoms. The molecule has 0 heterocycles. The van der Waals surface area contributed by atoms with Crippen LogP contribution in [0.1, 0.15) is 28.4 Å². The van der Waals surface area contributed by atoms with Crippen molar-refractivity contribution in [3.05, 3.63) is 100 Å². The van der Waals surface area contributed by atoms with E-state index in [1.807, 2.05) is 36.4 Å². The molecule has 3 rings (SSSR count). The summed E-state index contributed by atoms with van der Waals surface area (Å²) in [6.07, 6.45) is -0.0297. The monoisotopic (exact) mass is 440 g/mol. The highest BCUT2D eigenvalue weighted by Crippen LogP contribution is 2.22. The molecule has 142 valence electrons. The van der Waals surface area contributed by atoms with Gasteiger partial charge < -0.3 is 10.6 Å². The maximum absolute atomic E-state index is 14.0. The maximum Gasteiger partial charge on any atom is 0.251 e. The first kappa shape index (κ1) is 19.8. The summed E-state index contributed by atoms with van der Waals surface area (Å²) in [4.78, 5) is 25.1. The van der Waals surface area contributed by atoms with Crippen LogP contribution in [0, 0.1) is 5.82 Å². The lowest BCUT2D eigenvalue weighted by atomic mass is 10.0. The molecule has 0 radical (unpaired) electrons. The number of rotatable bonds is 6. The Hall–Kier alpha value is -2.99. The van der Waals surface area contributed by atoms with Crippen LogP contribution in [0.2, 0.25) is 0 Å². The molecule has 4 nitrogen and oxygen atoms in total. The molecule has 1 unspecified atom stereocenters. The van der Waals surface area contributed by atoms with Crippen molar-refractivity contribution in [2.75, 3.05) is 5.32 Å². The lowest BCUT2D eigenvalue weighted by Crippen LogP contribution is -2.31. The minimum atomic E-state index is -0.549. The lowest BCUT2D eigenvalue weighted by molar-refractivity contribution is -0.116. The van der Waals surface area contributed by atoms with Gasteiger partial charge in [0, 0.05) is 10.0 Å². The molecule has 0 saturated carbocycles. The Kier molecular flexibility index (Phi) is 6.55. The van der Waals surface area contributed by atoms with Crippen LogP contribution in [-0.4, -0.2) is 11.8 Å². The zero-order valence-corrected chi connectivity index (χ0v) is 16.4. The number of carbonyl (C=O) groups excluding carboxylic acids is 2. The van der Waals surface area contributed by atoms with Crippen LogP contribution in [-0.2, 0) is 4.79 Å². The summed E-state index contributed by atoms with van der Waals surface area (Å²) in [5.41, 5.74) is 1.38. The normalized spacial score (nSPS) is 11.5. The zero-order valence-electron chi connectivity index (χ0n) is 14.9. The van der Waals surface area contributed by atoms with Crippen molar-refractivity contribution in [2.45, 2.75) is 12.5 Å². The van der Waals surface area contributed by atoms with Gasteiger partial charge in [-0.2, -0.15) is 0 Å². The van der Waals surface area contributed by atoms with Gasteiger partial charge in [-0.25, -0.2) is 4.39 Å². The summed E-state index contributed by atoms with van der Waals surface area (Å²) < 4.78 is 14.6. The molecular formula is C22H18BrFN2O2. The molecule has 2 amide bonds. The molecule has 3 aromatic rings. The molecule has 3 aromatic carbocycles. The highest BCUT2D eigenvalue weighted by Gasteiger charge is 2.20. The second-order valence-corrected chi connectivity index (χ2v) is 7.09. The second kappa shape index (κ2) is 9.28. The summed E-state index contributed by atoms with van der Waals surface area (Å²) in [6, 6.07) is 21.8. The second-order valence-electron chi connectivity index (χ2n) is 6.18. The van der Waals surface area contributed by atoms with Gasteiger partial charge in [-0.1, -0.05) is 64.5 Å². The molecule has 0 bridgehead atoms. The van der Waals surface area contributed by atoms with E-state index in [-0.39, 0.29) is 18.0 Å². The van der Waals surface area contributed by atoms with Gasteiger partial charge in [-0.05, 0) is 35.9 Å². The summed E-state index contributed by atoms with van der Waals surface area (Å²) >= 11 is 3.18. The fourth-order valence-corrected chi connectivity index (χ4v) is 3.08. The maximum atomic E-state index is 14.0. The SMILES string of the molecule is O=C(CC(NC(=O)c1ccccc1)c1ccccc1)Nc1ccc(Br)cc1F. The minimum Gasteiger partial charge on any atom is -0.345 e. The van der Waals surface area contributed by atoms with Crippen molar-refractivity contribution in [1.29, 1.82) is 0 Å². The number of halogens is 2. The van der Waals surface area contributed by atoms with Gasteiger partial charge in [-0.3, -0.25) is 9.59 Å². The fraction of sp³-hybridized carbons (Fsp3) is 0.0909. The number of carbonyl (C=O) groups is 2. The van der Waals surface area contributed by atoms with Crippen molar-refractivity contribution < 1.29 is 14.0 Å². The number of amides is 2. The Labute approximate surface area is 170 Å². The first-order valence-corrected chi connectivity index (χ1v) is 9.48. The Morgan fingerprint density at radius 1 is 0.929 bits per heavy atom. The van der Waals surface area contributed by atoms with Gasteiger partial charge in [0.2, 0.25) is 5.91 Å². The first-order chi connectivity index (χ1) is 13.5. The van der Waals surface area contributed by atoms with Gasteiger partial charge in [-0.15, -0.1) is 0 Å². The molecule has 0 aromatic heterocycles. The number of hydrogen-bond donors (Lipinski definition) is 2. The molecule has 0 aliphatic rings. The molecule has 0 saturated heterocycles. The molecular weight excluding hydrogens is 423 g/mol. The van der Waals surface area contributed by atoms with Gasteiger partial charge >= 0.3 is 0 Å². The Balaban J connectivity index is 1.75. The van der Waals surface area contributed by atoms with Crippen LogP contribution in [0.5, 0.6) is 0 Å². The predicted octanol–water partition coefficient (Wildman–Crippen LogP) is 5.09. The molecule has 6 heteroatoms. The molecule has 1 atom stereocenters. The Bertz CT molecular complexity index is 965. The van der Waals surface area contributed by atoms with Crippen molar-refractivity contribution in [3.63, 3.8) is 0 Å². The summed E-state index contributed by atoms with van der Waals surface area (Å²) in [5.74, 6) is -1.21. The van der Waals surface area contributed by atoms with Crippen LogP contribution in [0.25, 0.3) is 0 Å². The third-order valence-corrected chi connectivity index (χ3v) is 4.63. The number of hydrogen-bond acceptors (Lipinski definition) is 2. The van der Waals surface area contributed by atoms with Crippen molar-refractivity contribution in [1.82, 2.24) is 5.32 Å². The third-order valence-electron chi connectivity index (χ3n) is 4.14. The van der Waals surface area contributed by atoms with Gasteiger partial charge in [0.25, 0.3) is 5.91 Å². The van der Waals surface area contributed by atoms with E-state index in [2.05, 4.69) is 26.6 Å². The standard InChI is InChI=1S/C22H18BrFN2O2/c23-17-11-12-19(18(24)13-17)25-21(27)14-20(15-7-3-1-4-8-15)26-22(28)16-9-5-2-6-10-16/h1-13,20H,14H2,(H,25,27)(H,26,28). The summed E-state index contributed by atoms with van der Waals surface area (Å²) in [7, 11) is 0. The lowest BCUT2D eigenvalue weighted by Gasteiger charge is -2.19. The van der Waals surface area contributed by atoms with Crippen LogP contribution in [0.4, 0.5) is 10.1 Å². The van der Waals surface area contributed by atoms with Crippen molar-refractivity contribution in [3.8, 4) is 0 Å². The van der Waals surface area contributed by atoms with Crippen LogP contribution < -0.4 is 10.6 Å².